The Balaban J connectivity index is 1.81. The van der Waals surface area contributed by atoms with Gasteiger partial charge in [0, 0.05) is 15.7 Å². The molecule has 2 heterocycles. The van der Waals surface area contributed by atoms with Gasteiger partial charge < -0.3 is 11.1 Å². The summed E-state index contributed by atoms with van der Waals surface area (Å²) in [4.78, 5) is 17.5. The van der Waals surface area contributed by atoms with Crippen LogP contribution in [0, 0.1) is 0 Å². The van der Waals surface area contributed by atoms with Crippen LogP contribution in [0.1, 0.15) is 28.5 Å². The number of halogens is 1. The summed E-state index contributed by atoms with van der Waals surface area (Å²) in [6, 6.07) is 9.06. The first-order valence-electron chi connectivity index (χ1n) is 6.58. The minimum Gasteiger partial charge on any atom is -0.397 e. The molecule has 1 aromatic carbocycles. The van der Waals surface area contributed by atoms with Gasteiger partial charge >= 0.3 is 0 Å². The summed E-state index contributed by atoms with van der Waals surface area (Å²) in [5.41, 5.74) is 7.56. The summed E-state index contributed by atoms with van der Waals surface area (Å²) in [5, 5.41) is 3.71. The van der Waals surface area contributed by atoms with E-state index in [4.69, 9.17) is 17.3 Å². The average molecular weight is 320 g/mol. The van der Waals surface area contributed by atoms with E-state index in [2.05, 4.69) is 10.3 Å². The number of rotatable bonds is 2. The Hall–Kier alpha value is -1.72. The van der Waals surface area contributed by atoms with E-state index in [1.54, 1.807) is 23.9 Å². The number of fused-ring (bicyclic) bond motifs is 1. The molecule has 3 N–H and O–H groups in total. The van der Waals surface area contributed by atoms with Crippen molar-refractivity contribution >= 4 is 35.0 Å². The number of carbonyl (C=O) groups excluding carboxylic acids is 1. The predicted molar refractivity (Wildman–Crippen MR) is 85.6 cm³/mol. The normalized spacial score (nSPS) is 17.1. The molecule has 4 nitrogen and oxygen atoms in total. The topological polar surface area (TPSA) is 68.0 Å². The first-order valence-corrected chi connectivity index (χ1v) is 7.94. The highest BCUT2D eigenvalue weighted by atomic mass is 35.5. The van der Waals surface area contributed by atoms with E-state index in [1.807, 2.05) is 18.2 Å². The minimum absolute atomic E-state index is 0.0354. The second-order valence-corrected chi connectivity index (χ2v) is 6.40. The zero-order chi connectivity index (χ0) is 14.8. The third kappa shape index (κ3) is 3.14. The molecule has 1 atom stereocenters. The molecule has 0 bridgehead atoms. The van der Waals surface area contributed by atoms with Crippen LogP contribution in [0.5, 0.6) is 0 Å². The molecule has 0 fully saturated rings. The molecule has 1 amide bonds. The molecule has 1 unspecified atom stereocenters. The fourth-order valence-corrected chi connectivity index (χ4v) is 3.57. The number of pyridine rings is 1. The first kappa shape index (κ1) is 14.2. The van der Waals surface area contributed by atoms with Gasteiger partial charge in [-0.2, -0.15) is 0 Å². The van der Waals surface area contributed by atoms with Crippen molar-refractivity contribution in [1.29, 1.82) is 0 Å². The molecular formula is C15H14ClN3OS. The van der Waals surface area contributed by atoms with Gasteiger partial charge in [0.2, 0.25) is 0 Å². The molecule has 0 saturated carbocycles. The third-order valence-electron chi connectivity index (χ3n) is 3.34. The number of carbonyl (C=O) groups is 1. The van der Waals surface area contributed by atoms with E-state index in [1.165, 1.54) is 11.1 Å². The molecular weight excluding hydrogens is 306 g/mol. The van der Waals surface area contributed by atoms with E-state index in [0.717, 1.165) is 17.7 Å². The van der Waals surface area contributed by atoms with Crippen LogP contribution >= 0.6 is 23.4 Å². The molecule has 0 radical (unpaired) electrons. The van der Waals surface area contributed by atoms with Crippen molar-refractivity contribution in [3.8, 4) is 0 Å². The lowest BCUT2D eigenvalue weighted by molar-refractivity contribution is 0.0930. The van der Waals surface area contributed by atoms with Crippen LogP contribution in [0.2, 0.25) is 5.02 Å². The number of nitrogens with two attached hydrogens (primary N) is 1. The second-order valence-electron chi connectivity index (χ2n) is 4.82. The Bertz CT molecular complexity index is 675. The van der Waals surface area contributed by atoms with Crippen molar-refractivity contribution in [2.45, 2.75) is 17.4 Å². The number of hydrogen-bond acceptors (Lipinski definition) is 4. The van der Waals surface area contributed by atoms with Crippen LogP contribution in [0.4, 0.5) is 5.69 Å². The number of amides is 1. The quantitative estimate of drug-likeness (QED) is 0.891. The lowest BCUT2D eigenvalue weighted by Crippen LogP contribution is -2.31. The molecule has 0 spiro atoms. The highest BCUT2D eigenvalue weighted by Gasteiger charge is 2.23. The Morgan fingerprint density at radius 2 is 2.24 bits per heavy atom. The molecule has 1 aliphatic heterocycles. The third-order valence-corrected chi connectivity index (χ3v) is 4.69. The number of anilines is 1. The fraction of sp³-hybridized carbons (Fsp3) is 0.200. The molecule has 21 heavy (non-hydrogen) atoms. The second kappa shape index (κ2) is 5.95. The summed E-state index contributed by atoms with van der Waals surface area (Å²) in [6.45, 7) is 0. The molecule has 1 aromatic heterocycles. The lowest BCUT2D eigenvalue weighted by atomic mass is 10.0. The van der Waals surface area contributed by atoms with E-state index in [9.17, 15) is 4.79 Å². The maximum absolute atomic E-state index is 12.3. The van der Waals surface area contributed by atoms with Crippen molar-refractivity contribution in [2.75, 3.05) is 11.5 Å². The van der Waals surface area contributed by atoms with Crippen LogP contribution in [-0.4, -0.2) is 16.6 Å². The standard InChI is InChI=1S/C15H14ClN3OS/c16-9-1-4-14-11(7-9)12(5-6-21-14)19-15(20)13-3-2-10(17)8-18-13/h1-4,7-8,12H,5-6,17H2,(H,19,20). The van der Waals surface area contributed by atoms with E-state index in [-0.39, 0.29) is 11.9 Å². The number of nitrogen functional groups attached to an aromatic ring is 1. The van der Waals surface area contributed by atoms with Crippen LogP contribution in [0.25, 0.3) is 0 Å². The Morgan fingerprint density at radius 3 is 3.00 bits per heavy atom. The van der Waals surface area contributed by atoms with Crippen molar-refractivity contribution in [3.05, 3.63) is 52.8 Å². The van der Waals surface area contributed by atoms with Gasteiger partial charge in [0.15, 0.2) is 0 Å². The molecule has 1 aliphatic rings. The van der Waals surface area contributed by atoms with Crippen molar-refractivity contribution < 1.29 is 4.79 Å². The summed E-state index contributed by atoms with van der Waals surface area (Å²) in [5.74, 6) is 0.771. The molecule has 0 saturated heterocycles. The Labute approximate surface area is 132 Å². The molecule has 108 valence electrons. The SMILES string of the molecule is Nc1ccc(C(=O)NC2CCSc3ccc(Cl)cc32)nc1. The van der Waals surface area contributed by atoms with Crippen molar-refractivity contribution in [3.63, 3.8) is 0 Å². The van der Waals surface area contributed by atoms with Gasteiger partial charge in [0.25, 0.3) is 5.91 Å². The summed E-state index contributed by atoms with van der Waals surface area (Å²) >= 11 is 7.85. The Morgan fingerprint density at radius 1 is 1.38 bits per heavy atom. The van der Waals surface area contributed by atoms with Gasteiger partial charge in [-0.3, -0.25) is 4.79 Å². The van der Waals surface area contributed by atoms with Gasteiger partial charge in [-0.05, 0) is 42.3 Å². The number of aromatic nitrogens is 1. The maximum atomic E-state index is 12.3. The van der Waals surface area contributed by atoms with Gasteiger partial charge in [0.1, 0.15) is 5.69 Å². The van der Waals surface area contributed by atoms with Gasteiger partial charge in [-0.25, -0.2) is 4.98 Å². The zero-order valence-electron chi connectivity index (χ0n) is 11.2. The molecule has 2 aromatic rings. The highest BCUT2D eigenvalue weighted by molar-refractivity contribution is 7.99. The van der Waals surface area contributed by atoms with Crippen LogP contribution < -0.4 is 11.1 Å². The lowest BCUT2D eigenvalue weighted by Gasteiger charge is -2.26. The van der Waals surface area contributed by atoms with E-state index < -0.39 is 0 Å². The zero-order valence-corrected chi connectivity index (χ0v) is 12.7. The van der Waals surface area contributed by atoms with E-state index in [0.29, 0.717) is 16.4 Å². The number of hydrogen-bond donors (Lipinski definition) is 2. The minimum atomic E-state index is -0.196. The van der Waals surface area contributed by atoms with Crippen LogP contribution in [0.3, 0.4) is 0 Å². The van der Waals surface area contributed by atoms with Crippen molar-refractivity contribution in [1.82, 2.24) is 10.3 Å². The number of nitrogens with one attached hydrogen (secondary N) is 1. The van der Waals surface area contributed by atoms with Gasteiger partial charge in [0.05, 0.1) is 17.9 Å². The Kier molecular flexibility index (Phi) is 4.03. The predicted octanol–water partition coefficient (Wildman–Crippen LogP) is 3.28. The van der Waals surface area contributed by atoms with E-state index >= 15 is 0 Å². The molecule has 3 rings (SSSR count). The summed E-state index contributed by atoms with van der Waals surface area (Å²) in [6.07, 6.45) is 2.36. The van der Waals surface area contributed by atoms with Crippen LogP contribution in [-0.2, 0) is 0 Å². The molecule has 6 heteroatoms. The largest absolute Gasteiger partial charge is 0.397 e. The number of nitrogens with zero attached hydrogens (tertiary/aromatic N) is 1. The summed E-state index contributed by atoms with van der Waals surface area (Å²) in [7, 11) is 0. The van der Waals surface area contributed by atoms with Gasteiger partial charge in [-0.1, -0.05) is 11.6 Å². The smallest absolute Gasteiger partial charge is 0.270 e. The van der Waals surface area contributed by atoms with Gasteiger partial charge in [-0.15, -0.1) is 11.8 Å². The number of benzene rings is 1. The van der Waals surface area contributed by atoms with Crippen molar-refractivity contribution in [2.24, 2.45) is 0 Å². The number of thioether (sulfide) groups is 1. The fourth-order valence-electron chi connectivity index (χ4n) is 2.29. The van der Waals surface area contributed by atoms with Crippen LogP contribution in [0.15, 0.2) is 41.4 Å². The monoisotopic (exact) mass is 319 g/mol. The summed E-state index contributed by atoms with van der Waals surface area (Å²) < 4.78 is 0. The average Bonchev–Trinajstić information content (AvgIpc) is 2.48. The maximum Gasteiger partial charge on any atom is 0.270 e. The first-order chi connectivity index (χ1) is 10.1. The molecule has 0 aliphatic carbocycles. The highest BCUT2D eigenvalue weighted by Crippen LogP contribution is 2.37.